The van der Waals surface area contributed by atoms with Gasteiger partial charge in [0.1, 0.15) is 6.61 Å². The number of ether oxygens (including phenoxy) is 1. The number of hydrogen-bond donors (Lipinski definition) is 0. The Morgan fingerprint density at radius 3 is 2.00 bits per heavy atom. The summed E-state index contributed by atoms with van der Waals surface area (Å²) in [6.07, 6.45) is 0. The highest BCUT2D eigenvalue weighted by molar-refractivity contribution is 5.91. The molecule has 0 radical (unpaired) electrons. The van der Waals surface area contributed by atoms with Crippen molar-refractivity contribution in [3.63, 3.8) is 0 Å². The molecular formula is C17H16N2O6. The molecule has 130 valence electrons. The summed E-state index contributed by atoms with van der Waals surface area (Å²) >= 11 is 0. The van der Waals surface area contributed by atoms with E-state index in [0.29, 0.717) is 0 Å². The van der Waals surface area contributed by atoms with E-state index in [1.54, 1.807) is 0 Å². The van der Waals surface area contributed by atoms with Crippen LogP contribution in [0.4, 0.5) is 11.4 Å². The summed E-state index contributed by atoms with van der Waals surface area (Å²) < 4.78 is 5.23. The lowest BCUT2D eigenvalue weighted by atomic mass is 9.86. The molecule has 25 heavy (non-hydrogen) atoms. The maximum absolute atomic E-state index is 12.2. The molecule has 0 aliphatic carbocycles. The highest BCUT2D eigenvalue weighted by Crippen LogP contribution is 2.26. The van der Waals surface area contributed by atoms with Gasteiger partial charge in [0.2, 0.25) is 0 Å². The monoisotopic (exact) mass is 344 g/mol. The summed E-state index contributed by atoms with van der Waals surface area (Å²) in [7, 11) is 0. The zero-order valence-electron chi connectivity index (χ0n) is 13.7. The number of nitrogens with zero attached hydrogens (tertiary/aromatic N) is 2. The third-order valence-corrected chi connectivity index (χ3v) is 3.68. The van der Waals surface area contributed by atoms with E-state index in [4.69, 9.17) is 4.74 Å². The van der Waals surface area contributed by atoms with Gasteiger partial charge in [-0.25, -0.2) is 4.79 Å². The van der Waals surface area contributed by atoms with Gasteiger partial charge >= 0.3 is 5.97 Å². The Morgan fingerprint density at radius 2 is 1.52 bits per heavy atom. The van der Waals surface area contributed by atoms with Crippen molar-refractivity contribution in [2.75, 3.05) is 6.61 Å². The molecule has 2 aromatic rings. The predicted molar refractivity (Wildman–Crippen MR) is 89.5 cm³/mol. The molecule has 8 heteroatoms. The van der Waals surface area contributed by atoms with Crippen molar-refractivity contribution in [2.24, 2.45) is 0 Å². The second-order valence-corrected chi connectivity index (χ2v) is 6.08. The summed E-state index contributed by atoms with van der Waals surface area (Å²) in [5, 5.41) is 21.8. The maximum Gasteiger partial charge on any atom is 0.338 e. The van der Waals surface area contributed by atoms with Crippen LogP contribution in [0.25, 0.3) is 0 Å². The molecular weight excluding hydrogens is 328 g/mol. The molecule has 0 saturated carbocycles. The highest BCUT2D eigenvalue weighted by Gasteiger charge is 2.25. The predicted octanol–water partition coefficient (Wildman–Crippen LogP) is 3.64. The van der Waals surface area contributed by atoms with E-state index in [-0.39, 0.29) is 12.2 Å². The van der Waals surface area contributed by atoms with E-state index >= 15 is 0 Å². The molecule has 0 aliphatic rings. The normalized spacial score (nSPS) is 11.0. The fourth-order valence-electron chi connectivity index (χ4n) is 2.23. The molecule has 2 rings (SSSR count). The summed E-state index contributed by atoms with van der Waals surface area (Å²) in [5.74, 6) is -0.851. The molecule has 0 unspecified atom stereocenters. The molecule has 0 bridgehead atoms. The third-order valence-electron chi connectivity index (χ3n) is 3.68. The van der Waals surface area contributed by atoms with Gasteiger partial charge in [-0.3, -0.25) is 20.2 Å². The molecule has 0 saturated heterocycles. The average molecular weight is 344 g/mol. The second-order valence-electron chi connectivity index (χ2n) is 6.08. The van der Waals surface area contributed by atoms with Gasteiger partial charge in [0, 0.05) is 17.5 Å². The van der Waals surface area contributed by atoms with E-state index in [0.717, 1.165) is 23.8 Å². The number of benzene rings is 2. The number of rotatable bonds is 6. The summed E-state index contributed by atoms with van der Waals surface area (Å²) in [6, 6.07) is 12.1. The molecule has 0 atom stereocenters. The first kappa shape index (κ1) is 18.1. The van der Waals surface area contributed by atoms with E-state index in [1.165, 1.54) is 0 Å². The lowest BCUT2D eigenvalue weighted by molar-refractivity contribution is -0.394. The maximum atomic E-state index is 12.2. The number of hydrogen-bond acceptors (Lipinski definition) is 6. The summed E-state index contributed by atoms with van der Waals surface area (Å²) in [5.41, 5.74) is -0.839. The number of carbonyl (C=O) groups is 1. The smallest absolute Gasteiger partial charge is 0.338 e. The average Bonchev–Trinajstić information content (AvgIpc) is 2.60. The SMILES string of the molecule is CC(C)(COC(=O)c1cc([N+](=O)[O-])cc([N+](=O)[O-])c1)c1ccccc1. The summed E-state index contributed by atoms with van der Waals surface area (Å²) in [6.45, 7) is 3.78. The molecule has 0 heterocycles. The number of esters is 1. The van der Waals surface area contributed by atoms with Gasteiger partial charge in [0.15, 0.2) is 0 Å². The third kappa shape index (κ3) is 4.37. The zero-order chi connectivity index (χ0) is 18.6. The number of carbonyl (C=O) groups excluding carboxylic acids is 1. The van der Waals surface area contributed by atoms with Crippen molar-refractivity contribution >= 4 is 17.3 Å². The van der Waals surface area contributed by atoms with Crippen LogP contribution >= 0.6 is 0 Å². The molecule has 0 amide bonds. The minimum atomic E-state index is -0.851. The van der Waals surface area contributed by atoms with Gasteiger partial charge in [-0.2, -0.15) is 0 Å². The van der Waals surface area contributed by atoms with Gasteiger partial charge in [-0.15, -0.1) is 0 Å². The Labute approximate surface area is 143 Å². The topological polar surface area (TPSA) is 113 Å². The van der Waals surface area contributed by atoms with Crippen LogP contribution in [0.5, 0.6) is 0 Å². The lowest BCUT2D eigenvalue weighted by Gasteiger charge is -2.24. The summed E-state index contributed by atoms with van der Waals surface area (Å²) in [4.78, 5) is 32.4. The molecule has 0 N–H and O–H groups in total. The van der Waals surface area contributed by atoms with Crippen LogP contribution < -0.4 is 0 Å². The van der Waals surface area contributed by atoms with E-state index in [2.05, 4.69) is 0 Å². The molecule has 0 aliphatic heterocycles. The van der Waals surface area contributed by atoms with E-state index in [1.807, 2.05) is 44.2 Å². The molecule has 2 aromatic carbocycles. The molecule has 0 aromatic heterocycles. The highest BCUT2D eigenvalue weighted by atomic mass is 16.6. The Hall–Kier alpha value is -3.29. The van der Waals surface area contributed by atoms with Crippen molar-refractivity contribution < 1.29 is 19.4 Å². The molecule has 8 nitrogen and oxygen atoms in total. The Kier molecular flexibility index (Phi) is 5.11. The van der Waals surface area contributed by atoms with Gasteiger partial charge in [0.05, 0.1) is 21.5 Å². The number of non-ortho nitro benzene ring substituents is 2. The second kappa shape index (κ2) is 7.08. The molecule has 0 fully saturated rings. The number of nitro groups is 2. The van der Waals surface area contributed by atoms with Crippen molar-refractivity contribution in [3.05, 3.63) is 79.9 Å². The van der Waals surface area contributed by atoms with Crippen LogP contribution in [-0.4, -0.2) is 22.4 Å². The largest absolute Gasteiger partial charge is 0.461 e. The van der Waals surface area contributed by atoms with Crippen LogP contribution in [0.1, 0.15) is 29.8 Å². The van der Waals surface area contributed by atoms with Gasteiger partial charge in [-0.1, -0.05) is 44.2 Å². The Bertz CT molecular complexity index is 785. The first-order chi connectivity index (χ1) is 11.7. The standard InChI is InChI=1S/C17H16N2O6/c1-17(2,13-6-4-3-5-7-13)11-25-16(20)12-8-14(18(21)22)10-15(9-12)19(23)24/h3-10H,11H2,1-2H3. The van der Waals surface area contributed by atoms with Crippen LogP contribution in [0.2, 0.25) is 0 Å². The van der Waals surface area contributed by atoms with E-state index < -0.39 is 32.6 Å². The fourth-order valence-corrected chi connectivity index (χ4v) is 2.23. The van der Waals surface area contributed by atoms with Crippen LogP contribution in [0.15, 0.2) is 48.5 Å². The minimum absolute atomic E-state index is 0.0202. The lowest BCUT2D eigenvalue weighted by Crippen LogP contribution is -2.26. The van der Waals surface area contributed by atoms with Gasteiger partial charge in [0.25, 0.3) is 11.4 Å². The first-order valence-electron chi connectivity index (χ1n) is 7.37. The quantitative estimate of drug-likeness (QED) is 0.449. The first-order valence-corrected chi connectivity index (χ1v) is 7.37. The Balaban J connectivity index is 2.21. The van der Waals surface area contributed by atoms with E-state index in [9.17, 15) is 25.0 Å². The number of nitro benzene ring substituents is 2. The fraction of sp³-hybridized carbons (Fsp3) is 0.235. The van der Waals surface area contributed by atoms with Crippen LogP contribution in [-0.2, 0) is 10.2 Å². The van der Waals surface area contributed by atoms with Gasteiger partial charge < -0.3 is 4.74 Å². The van der Waals surface area contributed by atoms with Crippen molar-refractivity contribution in [1.82, 2.24) is 0 Å². The minimum Gasteiger partial charge on any atom is -0.461 e. The molecule has 0 spiro atoms. The van der Waals surface area contributed by atoms with Crippen molar-refractivity contribution in [3.8, 4) is 0 Å². The van der Waals surface area contributed by atoms with Crippen molar-refractivity contribution in [2.45, 2.75) is 19.3 Å². The van der Waals surface area contributed by atoms with Gasteiger partial charge in [-0.05, 0) is 5.56 Å². The zero-order valence-corrected chi connectivity index (χ0v) is 13.7. The van der Waals surface area contributed by atoms with Crippen LogP contribution in [0.3, 0.4) is 0 Å². The van der Waals surface area contributed by atoms with Crippen LogP contribution in [0, 0.1) is 20.2 Å². The Morgan fingerprint density at radius 1 is 1.00 bits per heavy atom. The van der Waals surface area contributed by atoms with Crippen molar-refractivity contribution in [1.29, 1.82) is 0 Å².